The topological polar surface area (TPSA) is 95.9 Å². The second kappa shape index (κ2) is 4.47. The van der Waals surface area contributed by atoms with Crippen molar-refractivity contribution in [2.24, 2.45) is 0 Å². The van der Waals surface area contributed by atoms with Crippen molar-refractivity contribution in [3.8, 4) is 0 Å². The van der Waals surface area contributed by atoms with Crippen LogP contribution in [0.1, 0.15) is 27.7 Å². The number of piperazine rings is 1. The highest BCUT2D eigenvalue weighted by atomic mass is 16.6. The lowest BCUT2D eigenvalue weighted by atomic mass is 9.98. The number of hydrogen-bond donors (Lipinski definition) is 2. The fourth-order valence-electron chi connectivity index (χ4n) is 1.51. The molecular weight excluding hydrogens is 240 g/mol. The van der Waals surface area contributed by atoms with Crippen LogP contribution < -0.4 is 5.32 Å². The van der Waals surface area contributed by atoms with Gasteiger partial charge in [-0.1, -0.05) is 0 Å². The highest BCUT2D eigenvalue weighted by Gasteiger charge is 2.47. The van der Waals surface area contributed by atoms with Crippen molar-refractivity contribution in [2.45, 2.75) is 38.8 Å². The van der Waals surface area contributed by atoms with Gasteiger partial charge in [0.2, 0.25) is 5.91 Å². The minimum atomic E-state index is -1.49. The van der Waals surface area contributed by atoms with Crippen LogP contribution in [-0.4, -0.2) is 52.2 Å². The third-order valence-electron chi connectivity index (χ3n) is 2.60. The lowest BCUT2D eigenvalue weighted by molar-refractivity contribution is -0.153. The maximum Gasteiger partial charge on any atom is 0.411 e. The van der Waals surface area contributed by atoms with Crippen molar-refractivity contribution in [2.75, 3.05) is 13.1 Å². The first-order valence-electron chi connectivity index (χ1n) is 5.57. The summed E-state index contributed by atoms with van der Waals surface area (Å²) in [5, 5.41) is 11.6. The molecule has 0 bridgehead atoms. The van der Waals surface area contributed by atoms with Gasteiger partial charge >= 0.3 is 12.1 Å². The van der Waals surface area contributed by atoms with E-state index in [4.69, 9.17) is 4.74 Å². The molecule has 0 aromatic carbocycles. The van der Waals surface area contributed by atoms with E-state index in [9.17, 15) is 19.5 Å². The summed E-state index contributed by atoms with van der Waals surface area (Å²) in [7, 11) is 0. The fraction of sp³-hybridized carbons (Fsp3) is 0.727. The predicted octanol–water partition coefficient (Wildman–Crippen LogP) is 0.197. The number of hydrogen-bond acceptors (Lipinski definition) is 4. The minimum Gasteiger partial charge on any atom is -0.479 e. The number of nitrogens with one attached hydrogen (secondary N) is 1. The van der Waals surface area contributed by atoms with E-state index < -0.39 is 29.1 Å². The molecule has 1 saturated heterocycles. The van der Waals surface area contributed by atoms with E-state index in [0.29, 0.717) is 0 Å². The molecule has 1 rings (SSSR count). The molecule has 7 heteroatoms. The maximum atomic E-state index is 11.9. The van der Waals surface area contributed by atoms with Crippen LogP contribution in [0, 0.1) is 0 Å². The molecule has 0 aliphatic carbocycles. The van der Waals surface area contributed by atoms with Crippen molar-refractivity contribution < 1.29 is 24.2 Å². The Labute approximate surface area is 105 Å². The van der Waals surface area contributed by atoms with Crippen LogP contribution in [-0.2, 0) is 14.3 Å². The number of rotatable bonds is 1. The highest BCUT2D eigenvalue weighted by Crippen LogP contribution is 2.21. The standard InChI is InChI=1S/C11H18N2O5/c1-10(2,3)18-9(17)13-5-7(14)12-6-11(13,4)8(15)16/h5-6H2,1-4H3,(H,12,14)(H,15,16)/t11-/m0/s1. The fourth-order valence-corrected chi connectivity index (χ4v) is 1.51. The van der Waals surface area contributed by atoms with Crippen LogP contribution >= 0.6 is 0 Å². The molecule has 1 fully saturated rings. The Hall–Kier alpha value is -1.79. The van der Waals surface area contributed by atoms with E-state index in [0.717, 1.165) is 4.90 Å². The summed E-state index contributed by atoms with van der Waals surface area (Å²) in [6, 6.07) is 0. The highest BCUT2D eigenvalue weighted by molar-refractivity contribution is 5.91. The molecule has 0 unspecified atom stereocenters. The van der Waals surface area contributed by atoms with Crippen LogP contribution in [0.3, 0.4) is 0 Å². The van der Waals surface area contributed by atoms with E-state index in [2.05, 4.69) is 5.32 Å². The van der Waals surface area contributed by atoms with Gasteiger partial charge in [-0.3, -0.25) is 9.69 Å². The number of aliphatic carboxylic acids is 1. The zero-order valence-electron chi connectivity index (χ0n) is 10.9. The minimum absolute atomic E-state index is 0.138. The van der Waals surface area contributed by atoms with Crippen LogP contribution in [0.2, 0.25) is 0 Å². The summed E-state index contributed by atoms with van der Waals surface area (Å²) in [6.07, 6.45) is -0.803. The Bertz CT molecular complexity index is 387. The first kappa shape index (κ1) is 14.3. The quantitative estimate of drug-likeness (QED) is 0.700. The van der Waals surface area contributed by atoms with Gasteiger partial charge in [-0.05, 0) is 27.7 Å². The molecule has 1 aliphatic rings. The van der Waals surface area contributed by atoms with E-state index in [1.165, 1.54) is 6.92 Å². The van der Waals surface area contributed by atoms with Crippen molar-refractivity contribution in [3.05, 3.63) is 0 Å². The van der Waals surface area contributed by atoms with Gasteiger partial charge in [0.1, 0.15) is 12.1 Å². The lowest BCUT2D eigenvalue weighted by Crippen LogP contribution is -2.67. The molecule has 0 aromatic heterocycles. The van der Waals surface area contributed by atoms with Gasteiger partial charge < -0.3 is 15.2 Å². The van der Waals surface area contributed by atoms with Gasteiger partial charge in [0, 0.05) is 0 Å². The van der Waals surface area contributed by atoms with Crippen molar-refractivity contribution in [3.63, 3.8) is 0 Å². The molecule has 2 N–H and O–H groups in total. The van der Waals surface area contributed by atoms with Crippen molar-refractivity contribution >= 4 is 18.0 Å². The molecule has 1 atom stereocenters. The normalized spacial score (nSPS) is 24.4. The number of carboxylic acid groups (broad SMARTS) is 1. The average Bonchev–Trinajstić information content (AvgIpc) is 2.18. The summed E-state index contributed by atoms with van der Waals surface area (Å²) in [6.45, 7) is 5.93. The Morgan fingerprint density at radius 3 is 2.44 bits per heavy atom. The number of amides is 2. The summed E-state index contributed by atoms with van der Waals surface area (Å²) in [5.41, 5.74) is -2.24. The summed E-state index contributed by atoms with van der Waals surface area (Å²) in [4.78, 5) is 35.4. The smallest absolute Gasteiger partial charge is 0.411 e. The van der Waals surface area contributed by atoms with E-state index >= 15 is 0 Å². The molecule has 1 aliphatic heterocycles. The zero-order chi connectivity index (χ0) is 14.1. The largest absolute Gasteiger partial charge is 0.479 e. The molecule has 7 nitrogen and oxygen atoms in total. The second-order valence-electron chi connectivity index (χ2n) is 5.42. The first-order valence-corrected chi connectivity index (χ1v) is 5.57. The number of nitrogens with zero attached hydrogens (tertiary/aromatic N) is 1. The van der Waals surface area contributed by atoms with Crippen LogP contribution in [0.5, 0.6) is 0 Å². The number of ether oxygens (including phenoxy) is 1. The van der Waals surface area contributed by atoms with Crippen molar-refractivity contribution in [1.29, 1.82) is 0 Å². The molecule has 0 radical (unpaired) electrons. The average molecular weight is 258 g/mol. The van der Waals surface area contributed by atoms with Gasteiger partial charge in [0.05, 0.1) is 6.54 Å². The Morgan fingerprint density at radius 2 is 2.00 bits per heavy atom. The molecule has 0 aromatic rings. The van der Waals surface area contributed by atoms with Crippen LogP contribution in [0.4, 0.5) is 4.79 Å². The monoisotopic (exact) mass is 258 g/mol. The molecule has 18 heavy (non-hydrogen) atoms. The molecule has 1 heterocycles. The molecule has 102 valence electrons. The Kier molecular flexibility index (Phi) is 3.54. The zero-order valence-corrected chi connectivity index (χ0v) is 10.9. The maximum absolute atomic E-state index is 11.9. The predicted molar refractivity (Wildman–Crippen MR) is 62.0 cm³/mol. The molecule has 2 amide bonds. The van der Waals surface area contributed by atoms with Gasteiger partial charge in [-0.15, -0.1) is 0 Å². The summed E-state index contributed by atoms with van der Waals surface area (Å²) in [5.74, 6) is -1.59. The van der Waals surface area contributed by atoms with E-state index in [1.807, 2.05) is 0 Å². The molecule has 0 spiro atoms. The Morgan fingerprint density at radius 1 is 1.44 bits per heavy atom. The third-order valence-corrected chi connectivity index (χ3v) is 2.60. The number of carboxylic acids is 1. The van der Waals surface area contributed by atoms with Crippen molar-refractivity contribution in [1.82, 2.24) is 10.2 Å². The van der Waals surface area contributed by atoms with Crippen LogP contribution in [0.15, 0.2) is 0 Å². The second-order valence-corrected chi connectivity index (χ2v) is 5.42. The molecular formula is C11H18N2O5. The van der Waals surface area contributed by atoms with Gasteiger partial charge in [0.25, 0.3) is 0 Å². The van der Waals surface area contributed by atoms with Gasteiger partial charge in [0.15, 0.2) is 5.54 Å². The van der Waals surface area contributed by atoms with E-state index in [-0.39, 0.29) is 13.1 Å². The number of carbonyl (C=O) groups is 3. The molecule has 0 saturated carbocycles. The SMILES string of the molecule is CC(C)(C)OC(=O)N1CC(=O)NC[C@@]1(C)C(=O)O. The number of carbonyl (C=O) groups excluding carboxylic acids is 2. The summed E-state index contributed by atoms with van der Waals surface area (Å²) < 4.78 is 5.11. The Balaban J connectivity index is 2.96. The lowest BCUT2D eigenvalue weighted by Gasteiger charge is -2.41. The van der Waals surface area contributed by atoms with Gasteiger partial charge in [-0.2, -0.15) is 0 Å². The first-order chi connectivity index (χ1) is 8.06. The third kappa shape index (κ3) is 2.91. The van der Waals surface area contributed by atoms with Gasteiger partial charge in [-0.25, -0.2) is 9.59 Å². The van der Waals surface area contributed by atoms with E-state index in [1.54, 1.807) is 20.8 Å². The van der Waals surface area contributed by atoms with Crippen LogP contribution in [0.25, 0.3) is 0 Å². The summed E-state index contributed by atoms with van der Waals surface area (Å²) >= 11 is 0.